The fourth-order valence-electron chi connectivity index (χ4n) is 3.50. The van der Waals surface area contributed by atoms with E-state index in [1.165, 1.54) is 0 Å². The van der Waals surface area contributed by atoms with Crippen LogP contribution in [0.4, 0.5) is 5.69 Å². The molecule has 0 aliphatic carbocycles. The quantitative estimate of drug-likeness (QED) is 0.0862. The molecular formula is C25H32N10OSn. The Labute approximate surface area is 219 Å². The maximum absolute atomic E-state index is 13.2. The number of rotatable bonds is 8. The molecule has 4 aromatic rings. The molecule has 2 aromatic carbocycles. The Morgan fingerprint density at radius 1 is 1.11 bits per heavy atom. The first-order valence-electron chi connectivity index (χ1n) is 12.1. The van der Waals surface area contributed by atoms with E-state index >= 15 is 0 Å². The van der Waals surface area contributed by atoms with Gasteiger partial charge in [-0.15, -0.1) is 10.2 Å². The number of hydrogen-bond donors (Lipinski definition) is 2. The van der Waals surface area contributed by atoms with Gasteiger partial charge in [-0.25, -0.2) is 4.68 Å². The first-order valence-corrected chi connectivity index (χ1v) is 22.0. The molecular weight excluding hydrogens is 575 g/mol. The van der Waals surface area contributed by atoms with Crippen LogP contribution in [0.2, 0.25) is 14.8 Å². The van der Waals surface area contributed by atoms with Crippen molar-refractivity contribution in [3.63, 3.8) is 0 Å². The Hall–Kier alpha value is -3.70. The monoisotopic (exact) mass is 608 g/mol. The Bertz CT molecular complexity index is 1420. The van der Waals surface area contributed by atoms with Gasteiger partial charge in [0.1, 0.15) is 0 Å². The molecule has 0 bridgehead atoms. The van der Waals surface area contributed by atoms with E-state index in [1.54, 1.807) is 10.9 Å². The summed E-state index contributed by atoms with van der Waals surface area (Å²) in [6, 6.07) is 15.4. The summed E-state index contributed by atoms with van der Waals surface area (Å²) in [5, 5.41) is 17.2. The predicted molar refractivity (Wildman–Crippen MR) is 149 cm³/mol. The number of azide groups is 1. The standard InChI is InChI=1S/C22H23N7O.3CH3.N3.Sn/c1-3-7-20-18(14-23-19-9-6-5-8-15(19)4-2)22(30)29(26-20)17-12-10-16(11-13-17)21-24-27-28-25-21;;;;1-3-2;/h5-6,8-14,26H,3-4,7H2,1-2H3,(H,24,25,27,28);3*1H3;;/q;;;;-1;+1. The van der Waals surface area contributed by atoms with E-state index in [-0.39, 0.29) is 5.56 Å². The summed E-state index contributed by atoms with van der Waals surface area (Å²) >= 11 is -2.07. The van der Waals surface area contributed by atoms with Crippen LogP contribution in [0.5, 0.6) is 0 Å². The molecule has 0 aliphatic heterocycles. The zero-order valence-corrected chi connectivity index (χ0v) is 24.7. The molecule has 0 fully saturated rings. The van der Waals surface area contributed by atoms with E-state index in [0.29, 0.717) is 11.4 Å². The molecule has 0 saturated heterocycles. The molecule has 192 valence electrons. The number of aryl methyl sites for hydroxylation is 2. The summed E-state index contributed by atoms with van der Waals surface area (Å²) in [5.74, 6) is 0.509. The minimum atomic E-state index is -2.07. The van der Waals surface area contributed by atoms with Gasteiger partial charge in [0.2, 0.25) is 5.82 Å². The number of aromatic amines is 2. The average Bonchev–Trinajstić information content (AvgIpc) is 3.52. The summed E-state index contributed by atoms with van der Waals surface area (Å²) < 4.78 is 5.20. The summed E-state index contributed by atoms with van der Waals surface area (Å²) in [6.07, 6.45) is 4.25. The van der Waals surface area contributed by atoms with Crippen molar-refractivity contribution in [2.45, 2.75) is 47.9 Å². The van der Waals surface area contributed by atoms with Crippen LogP contribution < -0.4 is 5.56 Å². The van der Waals surface area contributed by atoms with E-state index in [2.05, 4.69) is 73.7 Å². The second-order valence-electron chi connectivity index (χ2n) is 9.28. The van der Waals surface area contributed by atoms with Gasteiger partial charge in [-0.05, 0) is 54.0 Å². The van der Waals surface area contributed by atoms with Gasteiger partial charge >= 0.3 is 47.2 Å². The van der Waals surface area contributed by atoms with Crippen LogP contribution in [0.1, 0.15) is 37.1 Å². The number of nitrogens with zero attached hydrogens (tertiary/aromatic N) is 8. The molecule has 4 rings (SSSR count). The molecule has 12 heteroatoms. The number of aromatic nitrogens is 6. The fraction of sp³-hybridized carbons (Fsp3) is 0.320. The second-order valence-corrected chi connectivity index (χ2v) is 22.2. The van der Waals surface area contributed by atoms with Gasteiger partial charge in [0.15, 0.2) is 0 Å². The Balaban J connectivity index is 0.000000479. The van der Waals surface area contributed by atoms with E-state index in [1.807, 2.05) is 42.5 Å². The molecule has 0 atom stereocenters. The molecule has 0 spiro atoms. The Kier molecular flexibility index (Phi) is 9.81. The van der Waals surface area contributed by atoms with Gasteiger partial charge in [0, 0.05) is 17.5 Å². The third-order valence-electron chi connectivity index (χ3n) is 5.28. The van der Waals surface area contributed by atoms with Gasteiger partial charge < -0.3 is 0 Å². The molecule has 0 aliphatic rings. The molecule has 2 heterocycles. The van der Waals surface area contributed by atoms with Crippen LogP contribution in [-0.2, 0) is 12.8 Å². The van der Waals surface area contributed by atoms with Gasteiger partial charge in [-0.1, -0.05) is 38.5 Å². The van der Waals surface area contributed by atoms with E-state index in [0.717, 1.165) is 47.5 Å². The summed E-state index contributed by atoms with van der Waals surface area (Å²) in [7, 11) is 0. The van der Waals surface area contributed by atoms with Crippen molar-refractivity contribution >= 4 is 30.6 Å². The Morgan fingerprint density at radius 3 is 2.41 bits per heavy atom. The van der Waals surface area contributed by atoms with E-state index in [9.17, 15) is 4.79 Å². The first kappa shape index (κ1) is 27.9. The number of nitrogens with one attached hydrogen (secondary N) is 2. The fourth-order valence-corrected chi connectivity index (χ4v) is 4.26. The number of benzene rings is 2. The predicted octanol–water partition coefficient (Wildman–Crippen LogP) is 5.74. The average molecular weight is 607 g/mol. The molecule has 37 heavy (non-hydrogen) atoms. The van der Waals surface area contributed by atoms with Crippen molar-refractivity contribution in [2.75, 3.05) is 0 Å². The zero-order valence-electron chi connectivity index (χ0n) is 21.8. The number of para-hydroxylation sites is 1. The van der Waals surface area contributed by atoms with Crippen LogP contribution in [0.3, 0.4) is 0 Å². The molecule has 11 nitrogen and oxygen atoms in total. The summed E-state index contributed by atoms with van der Waals surface area (Å²) in [6.45, 7) is 4.18. The summed E-state index contributed by atoms with van der Waals surface area (Å²) in [5.41, 5.74) is 12.8. The molecule has 0 radical (unpaired) electrons. The third kappa shape index (κ3) is 7.64. The van der Waals surface area contributed by atoms with Gasteiger partial charge in [-0.2, -0.15) is 5.21 Å². The zero-order chi connectivity index (χ0) is 26.8. The van der Waals surface area contributed by atoms with Crippen molar-refractivity contribution in [1.29, 1.82) is 0 Å². The number of hydrogen-bond acceptors (Lipinski definition) is 6. The first-order chi connectivity index (χ1) is 17.8. The number of H-pyrrole nitrogens is 2. The van der Waals surface area contributed by atoms with Crippen LogP contribution in [-0.4, -0.2) is 55.3 Å². The second kappa shape index (κ2) is 13.0. The van der Waals surface area contributed by atoms with Gasteiger partial charge in [0.25, 0.3) is 5.56 Å². The van der Waals surface area contributed by atoms with Crippen molar-refractivity contribution in [3.8, 4) is 17.1 Å². The number of aliphatic imine (C=N–C) groups is 1. The minimum absolute atomic E-state index is 0.122. The third-order valence-corrected chi connectivity index (χ3v) is 7.25. The topological polar surface area (TPSA) is 153 Å². The van der Waals surface area contributed by atoms with Crippen molar-refractivity contribution in [1.82, 2.24) is 30.4 Å². The van der Waals surface area contributed by atoms with Crippen LogP contribution in [0.25, 0.3) is 27.5 Å². The molecule has 0 amide bonds. The van der Waals surface area contributed by atoms with Crippen LogP contribution in [0.15, 0.2) is 61.7 Å². The van der Waals surface area contributed by atoms with Crippen molar-refractivity contribution in [2.24, 2.45) is 8.33 Å². The van der Waals surface area contributed by atoms with Crippen molar-refractivity contribution in [3.05, 3.63) is 86.1 Å². The Morgan fingerprint density at radius 2 is 1.84 bits per heavy atom. The van der Waals surface area contributed by atoms with E-state index < -0.39 is 18.7 Å². The molecule has 0 saturated carbocycles. The summed E-state index contributed by atoms with van der Waals surface area (Å²) in [4.78, 5) is 26.7. The number of tetrazole rings is 1. The van der Waals surface area contributed by atoms with E-state index in [4.69, 9.17) is 5.53 Å². The molecule has 2 N–H and O–H groups in total. The van der Waals surface area contributed by atoms with Gasteiger partial charge in [-0.3, -0.25) is 14.9 Å². The molecule has 2 aromatic heterocycles. The van der Waals surface area contributed by atoms with Crippen LogP contribution >= 0.6 is 0 Å². The maximum atomic E-state index is 13.2. The normalized spacial score (nSPS) is 11.2. The molecule has 0 unspecified atom stereocenters. The van der Waals surface area contributed by atoms with Gasteiger partial charge in [0.05, 0.1) is 16.9 Å². The van der Waals surface area contributed by atoms with Crippen LogP contribution in [0, 0.1) is 0 Å². The SMILES string of the molecule is CCCc1[nH]n(-c2ccc(-c3nn[nH]n3)cc2)c(=O)c1C=Nc1ccccc1CC.[CH3][Sn]([CH3])([CH3])[N]=[N+]=[N-]. The van der Waals surface area contributed by atoms with Crippen molar-refractivity contribution < 1.29 is 0 Å².